The number of alkyl halides is 3. The molecule has 0 radical (unpaired) electrons. The number of hydrogen-bond acceptors (Lipinski definition) is 3. The quantitative estimate of drug-likeness (QED) is 0.779. The van der Waals surface area contributed by atoms with Gasteiger partial charge in [0.1, 0.15) is 0 Å². The summed E-state index contributed by atoms with van der Waals surface area (Å²) in [6, 6.07) is 2.42. The maximum atomic E-state index is 12.3. The van der Waals surface area contributed by atoms with Gasteiger partial charge < -0.3 is 5.73 Å². The highest BCUT2D eigenvalue weighted by atomic mass is 19.4. The molecule has 0 amide bonds. The predicted octanol–water partition coefficient (Wildman–Crippen LogP) is 1.21. The first-order valence-corrected chi connectivity index (χ1v) is 4.13. The van der Waals surface area contributed by atoms with Crippen molar-refractivity contribution in [2.45, 2.75) is 12.7 Å². The minimum absolute atomic E-state index is 0.109. The summed E-state index contributed by atoms with van der Waals surface area (Å²) < 4.78 is 38.1. The van der Waals surface area contributed by atoms with E-state index in [2.05, 4.69) is 10.1 Å². The van der Waals surface area contributed by atoms with Crippen molar-refractivity contribution >= 4 is 5.65 Å². The van der Waals surface area contributed by atoms with Crippen LogP contribution in [0.5, 0.6) is 0 Å². The Bertz CT molecular complexity index is 488. The summed E-state index contributed by atoms with van der Waals surface area (Å²) in [5.74, 6) is 0. The molecule has 2 N–H and O–H groups in total. The van der Waals surface area contributed by atoms with Gasteiger partial charge in [-0.1, -0.05) is 0 Å². The molecule has 7 heteroatoms. The average Bonchev–Trinajstić information content (AvgIpc) is 2.59. The van der Waals surface area contributed by atoms with Crippen LogP contribution in [0.15, 0.2) is 18.3 Å². The smallest absolute Gasteiger partial charge is 0.325 e. The lowest BCUT2D eigenvalue weighted by Gasteiger charge is -2.00. The van der Waals surface area contributed by atoms with Crippen molar-refractivity contribution in [3.05, 3.63) is 29.7 Å². The van der Waals surface area contributed by atoms with E-state index < -0.39 is 11.9 Å². The summed E-state index contributed by atoms with van der Waals surface area (Å²) in [7, 11) is 0. The zero-order valence-corrected chi connectivity index (χ0v) is 7.49. The van der Waals surface area contributed by atoms with Gasteiger partial charge in [-0.05, 0) is 6.07 Å². The monoisotopic (exact) mass is 216 g/mol. The van der Waals surface area contributed by atoms with Crippen molar-refractivity contribution in [2.24, 2.45) is 5.73 Å². The van der Waals surface area contributed by atoms with Crippen LogP contribution in [0.2, 0.25) is 0 Å². The molecule has 0 fully saturated rings. The highest BCUT2D eigenvalue weighted by Crippen LogP contribution is 2.28. The predicted molar refractivity (Wildman–Crippen MR) is 45.9 cm³/mol. The maximum absolute atomic E-state index is 12.3. The lowest BCUT2D eigenvalue weighted by atomic mass is 10.4. The SMILES string of the molecule is NCc1ccnc2cc(C(F)(F)F)nn12. The Morgan fingerprint density at radius 1 is 1.40 bits per heavy atom. The standard InChI is InChI=1S/C8H7F3N4/c9-8(10,11)6-3-7-13-2-1-5(4-12)15(7)14-6/h1-3H,4,12H2. The molecule has 15 heavy (non-hydrogen) atoms. The molecule has 2 aromatic heterocycles. The Balaban J connectivity index is 2.65. The third-order valence-electron chi connectivity index (χ3n) is 1.94. The molecule has 0 saturated heterocycles. The zero-order valence-electron chi connectivity index (χ0n) is 7.49. The molecule has 0 saturated carbocycles. The van der Waals surface area contributed by atoms with E-state index in [4.69, 9.17) is 5.73 Å². The van der Waals surface area contributed by atoms with Crippen LogP contribution in [0.25, 0.3) is 5.65 Å². The molecule has 0 aromatic carbocycles. The van der Waals surface area contributed by atoms with Gasteiger partial charge in [0.05, 0.1) is 5.69 Å². The Morgan fingerprint density at radius 2 is 2.13 bits per heavy atom. The van der Waals surface area contributed by atoms with Crippen molar-refractivity contribution in [3.8, 4) is 0 Å². The van der Waals surface area contributed by atoms with Crippen molar-refractivity contribution in [2.75, 3.05) is 0 Å². The molecular formula is C8H7F3N4. The van der Waals surface area contributed by atoms with Crippen LogP contribution in [-0.2, 0) is 12.7 Å². The number of halogens is 3. The number of nitrogens with zero attached hydrogens (tertiary/aromatic N) is 3. The van der Waals surface area contributed by atoms with Crippen molar-refractivity contribution in [3.63, 3.8) is 0 Å². The first-order chi connectivity index (χ1) is 7.02. The summed E-state index contributed by atoms with van der Waals surface area (Å²) in [6.07, 6.45) is -3.06. The largest absolute Gasteiger partial charge is 0.435 e. The van der Waals surface area contributed by atoms with E-state index in [0.29, 0.717) is 5.69 Å². The third kappa shape index (κ3) is 1.65. The molecule has 4 nitrogen and oxygen atoms in total. The molecule has 2 rings (SSSR count). The Kier molecular flexibility index (Phi) is 2.11. The van der Waals surface area contributed by atoms with Crippen LogP contribution >= 0.6 is 0 Å². The van der Waals surface area contributed by atoms with Gasteiger partial charge in [-0.15, -0.1) is 0 Å². The van der Waals surface area contributed by atoms with Crippen LogP contribution in [0, 0.1) is 0 Å². The second kappa shape index (κ2) is 3.20. The average molecular weight is 216 g/mol. The molecule has 0 spiro atoms. The third-order valence-corrected chi connectivity index (χ3v) is 1.94. The molecule has 2 heterocycles. The van der Waals surface area contributed by atoms with E-state index >= 15 is 0 Å². The fourth-order valence-corrected chi connectivity index (χ4v) is 1.24. The molecule has 2 aromatic rings. The van der Waals surface area contributed by atoms with Crippen LogP contribution in [-0.4, -0.2) is 14.6 Å². The van der Waals surface area contributed by atoms with Gasteiger partial charge in [0.2, 0.25) is 0 Å². The zero-order chi connectivity index (χ0) is 11.1. The second-order valence-corrected chi connectivity index (χ2v) is 2.94. The number of aromatic nitrogens is 3. The minimum atomic E-state index is -4.46. The van der Waals surface area contributed by atoms with E-state index in [-0.39, 0.29) is 12.2 Å². The van der Waals surface area contributed by atoms with Gasteiger partial charge in [0.25, 0.3) is 0 Å². The van der Waals surface area contributed by atoms with Gasteiger partial charge in [0.15, 0.2) is 11.3 Å². The van der Waals surface area contributed by atoms with Gasteiger partial charge in [-0.2, -0.15) is 18.3 Å². The highest BCUT2D eigenvalue weighted by Gasteiger charge is 2.34. The number of nitrogens with two attached hydrogens (primary N) is 1. The Labute approximate surface area is 82.5 Å². The van der Waals surface area contributed by atoms with Gasteiger partial charge >= 0.3 is 6.18 Å². The molecule has 80 valence electrons. The first-order valence-electron chi connectivity index (χ1n) is 4.13. The normalized spacial score (nSPS) is 12.3. The van der Waals surface area contributed by atoms with E-state index in [1.54, 1.807) is 0 Å². The summed E-state index contributed by atoms with van der Waals surface area (Å²) >= 11 is 0. The van der Waals surface area contributed by atoms with Gasteiger partial charge in [0, 0.05) is 18.8 Å². The van der Waals surface area contributed by atoms with Crippen molar-refractivity contribution in [1.82, 2.24) is 14.6 Å². The van der Waals surface area contributed by atoms with E-state index in [0.717, 1.165) is 10.6 Å². The second-order valence-electron chi connectivity index (χ2n) is 2.94. The molecular weight excluding hydrogens is 209 g/mol. The summed E-state index contributed by atoms with van der Waals surface area (Å²) in [5.41, 5.74) is 5.03. The van der Waals surface area contributed by atoms with E-state index in [1.165, 1.54) is 12.3 Å². The van der Waals surface area contributed by atoms with E-state index in [9.17, 15) is 13.2 Å². The summed E-state index contributed by atoms with van der Waals surface area (Å²) in [6.45, 7) is 0.109. The number of hydrogen-bond donors (Lipinski definition) is 1. The van der Waals surface area contributed by atoms with Crippen LogP contribution in [0.3, 0.4) is 0 Å². The molecule has 0 aliphatic carbocycles. The number of rotatable bonds is 1. The molecule has 0 aliphatic rings. The van der Waals surface area contributed by atoms with Gasteiger partial charge in [-0.3, -0.25) is 0 Å². The Hall–Kier alpha value is -1.63. The lowest BCUT2D eigenvalue weighted by molar-refractivity contribution is -0.141. The van der Waals surface area contributed by atoms with Crippen molar-refractivity contribution in [1.29, 1.82) is 0 Å². The first kappa shape index (κ1) is 9.91. The van der Waals surface area contributed by atoms with Crippen LogP contribution in [0.4, 0.5) is 13.2 Å². The Morgan fingerprint density at radius 3 is 2.73 bits per heavy atom. The fourth-order valence-electron chi connectivity index (χ4n) is 1.24. The number of fused-ring (bicyclic) bond motifs is 1. The highest BCUT2D eigenvalue weighted by molar-refractivity contribution is 5.40. The summed E-state index contributed by atoms with van der Waals surface area (Å²) in [4.78, 5) is 3.77. The van der Waals surface area contributed by atoms with Crippen LogP contribution < -0.4 is 5.73 Å². The van der Waals surface area contributed by atoms with E-state index in [1.807, 2.05) is 0 Å². The molecule has 0 unspecified atom stereocenters. The lowest BCUT2D eigenvalue weighted by Crippen LogP contribution is -2.08. The fraction of sp³-hybridized carbons (Fsp3) is 0.250. The minimum Gasteiger partial charge on any atom is -0.325 e. The molecule has 0 atom stereocenters. The van der Waals surface area contributed by atoms with Gasteiger partial charge in [-0.25, -0.2) is 9.50 Å². The maximum Gasteiger partial charge on any atom is 0.435 e. The topological polar surface area (TPSA) is 56.2 Å². The van der Waals surface area contributed by atoms with Crippen molar-refractivity contribution < 1.29 is 13.2 Å². The molecule has 0 bridgehead atoms. The molecule has 0 aliphatic heterocycles. The summed E-state index contributed by atoms with van der Waals surface area (Å²) in [5, 5.41) is 3.40. The van der Waals surface area contributed by atoms with Crippen LogP contribution in [0.1, 0.15) is 11.4 Å².